The maximum absolute atomic E-state index is 12.8. The Hall–Kier alpha value is -2.76. The van der Waals surface area contributed by atoms with Crippen LogP contribution < -0.4 is 11.4 Å². The molecule has 0 radical (unpaired) electrons. The van der Waals surface area contributed by atoms with Crippen molar-refractivity contribution in [3.05, 3.63) is 47.1 Å². The number of carbonyl (C=O) groups is 2. The molecule has 66 heavy (non-hydrogen) atoms. The number of phosphoric acid groups is 2. The normalized spacial score (nSPS) is 19.8. The number of rotatable bonds is 40. The average molecular weight is 978 g/mol. The van der Waals surface area contributed by atoms with Crippen molar-refractivity contribution in [2.24, 2.45) is 0 Å². The molecule has 1 aliphatic heterocycles. The van der Waals surface area contributed by atoms with Crippen molar-refractivity contribution in [3.8, 4) is 0 Å². The van der Waals surface area contributed by atoms with E-state index in [1.807, 2.05) is 0 Å². The number of hydrogen-bond acceptors (Lipinski definition) is 15. The van der Waals surface area contributed by atoms with Gasteiger partial charge in [-0.05, 0) is 70.3 Å². The van der Waals surface area contributed by atoms with Crippen LogP contribution in [0.25, 0.3) is 0 Å². The van der Waals surface area contributed by atoms with Crippen molar-refractivity contribution >= 4 is 33.4 Å². The second-order valence-corrected chi connectivity index (χ2v) is 20.0. The Balaban J connectivity index is 1.83. The van der Waals surface area contributed by atoms with E-state index in [2.05, 4.69) is 47.4 Å². The zero-order valence-electron chi connectivity index (χ0n) is 39.5. The van der Waals surface area contributed by atoms with E-state index in [0.29, 0.717) is 12.8 Å². The number of nitrogens with zero attached hydrogens (tertiary/aromatic N) is 2. The molecule has 0 aliphatic carbocycles. The van der Waals surface area contributed by atoms with Gasteiger partial charge in [-0.1, -0.05) is 128 Å². The molecule has 0 bridgehead atoms. The molecule has 20 heteroatoms. The minimum Gasteiger partial charge on any atom is -0.462 e. The Morgan fingerprint density at radius 3 is 1.70 bits per heavy atom. The third-order valence-corrected chi connectivity index (χ3v) is 13.6. The molecule has 0 amide bonds. The highest BCUT2D eigenvalue weighted by atomic mass is 31.3. The van der Waals surface area contributed by atoms with Crippen LogP contribution in [-0.4, -0.2) is 85.7 Å². The zero-order chi connectivity index (χ0) is 48.5. The van der Waals surface area contributed by atoms with Crippen molar-refractivity contribution < 1.29 is 66.3 Å². The minimum atomic E-state index is -5.42. The van der Waals surface area contributed by atoms with Crippen LogP contribution in [0.3, 0.4) is 0 Å². The molecule has 7 atom stereocenters. The van der Waals surface area contributed by atoms with Gasteiger partial charge in [-0.15, -0.1) is 0 Å². The lowest BCUT2D eigenvalue weighted by Crippen LogP contribution is -2.36. The van der Waals surface area contributed by atoms with E-state index < -0.39 is 83.7 Å². The molecule has 0 aromatic carbocycles. The third-order valence-electron chi connectivity index (χ3n) is 11.0. The fourth-order valence-corrected chi connectivity index (χ4v) is 9.29. The van der Waals surface area contributed by atoms with E-state index in [4.69, 9.17) is 29.0 Å². The van der Waals surface area contributed by atoms with Crippen LogP contribution in [0, 0.1) is 0 Å². The molecule has 0 spiro atoms. The van der Waals surface area contributed by atoms with Crippen molar-refractivity contribution in [2.75, 3.05) is 25.6 Å². The second-order valence-electron chi connectivity index (χ2n) is 17.0. The van der Waals surface area contributed by atoms with E-state index in [-0.39, 0.29) is 18.7 Å². The van der Waals surface area contributed by atoms with Crippen molar-refractivity contribution in [1.82, 2.24) is 9.55 Å². The topological polar surface area (TPSA) is 265 Å². The number of anilines is 1. The summed E-state index contributed by atoms with van der Waals surface area (Å²) in [6, 6.07) is 1.25. The number of nitrogen functional groups attached to an aromatic ring is 1. The van der Waals surface area contributed by atoms with Gasteiger partial charge in [-0.2, -0.15) is 9.29 Å². The van der Waals surface area contributed by atoms with Crippen LogP contribution in [0.15, 0.2) is 41.4 Å². The number of nitrogens with two attached hydrogens (primary N) is 1. The van der Waals surface area contributed by atoms with Crippen molar-refractivity contribution in [2.45, 2.75) is 211 Å². The Kier molecular flexibility index (Phi) is 31.8. The predicted molar refractivity (Wildman–Crippen MR) is 252 cm³/mol. The second kappa shape index (κ2) is 35.4. The summed E-state index contributed by atoms with van der Waals surface area (Å²) in [5, 5.41) is 20.9. The van der Waals surface area contributed by atoms with E-state index in [1.54, 1.807) is 0 Å². The van der Waals surface area contributed by atoms with E-state index in [1.165, 1.54) is 83.1 Å². The number of unbranched alkanes of at least 4 members (excludes halogenated alkanes) is 20. The lowest BCUT2D eigenvalue weighted by Gasteiger charge is -2.21. The standard InChI is InChI=1S/C46H81N3O15P2/c1-3-5-7-9-11-13-15-17-19-21-23-25-27-29-31-41(50)59-35-38(62-42(51)32-30-28-26-24-22-20-18-16-14-12-10-8-6-4-2)36-60-65(55,56)64-66(57,58)61-37-39-43(52)44(53)45(63-39)49-34-33-40(47)48-46(49)54/h17-20,33-34,38-39,43-45,52-53H,3-16,21-32,35-37H2,1-2H3,(H,55,56)(H,57,58)(H2,47,48,54)/b19-17+,20-18+/t38-,39-,43-,44+,45-/m1/s1. The van der Waals surface area contributed by atoms with Gasteiger partial charge in [0.1, 0.15) is 30.7 Å². The monoisotopic (exact) mass is 978 g/mol. The SMILES string of the molecule is CCCCCCCC/C=C/CCCCCCC(=O)OC[C@H](COP(=O)(O)OP(=O)(O)OC[C@H]1O[C@@H](n2ccc(N)nc2=O)[C@@H](O)[C@@H]1O)OC(=O)CCCCCC/C=C/CCCCCCCC. The molecule has 1 saturated heterocycles. The van der Waals surface area contributed by atoms with Gasteiger partial charge in [0.2, 0.25) is 0 Å². The lowest BCUT2D eigenvalue weighted by atomic mass is 10.1. The molecular formula is C46H81N3O15P2. The first kappa shape index (κ1) is 59.4. The van der Waals surface area contributed by atoms with Gasteiger partial charge in [0.05, 0.1) is 13.2 Å². The third kappa shape index (κ3) is 27.9. The first-order chi connectivity index (χ1) is 31.7. The molecule has 380 valence electrons. The van der Waals surface area contributed by atoms with Gasteiger partial charge in [0.15, 0.2) is 12.3 Å². The van der Waals surface area contributed by atoms with Gasteiger partial charge in [-0.25, -0.2) is 13.9 Å². The summed E-state index contributed by atoms with van der Waals surface area (Å²) in [6.07, 6.45) is 28.4. The van der Waals surface area contributed by atoms with Crippen LogP contribution in [-0.2, 0) is 46.3 Å². The number of phosphoric ester groups is 2. The van der Waals surface area contributed by atoms with Gasteiger partial charge >= 0.3 is 33.3 Å². The molecular weight excluding hydrogens is 896 g/mol. The highest BCUT2D eigenvalue weighted by molar-refractivity contribution is 7.61. The number of allylic oxidation sites excluding steroid dienone is 4. The van der Waals surface area contributed by atoms with Crippen LogP contribution in [0.1, 0.15) is 187 Å². The van der Waals surface area contributed by atoms with Gasteiger partial charge in [0, 0.05) is 19.0 Å². The summed E-state index contributed by atoms with van der Waals surface area (Å²) in [6.45, 7) is 2.12. The molecule has 1 fully saturated rings. The maximum atomic E-state index is 12.8. The van der Waals surface area contributed by atoms with E-state index in [9.17, 15) is 43.5 Å². The number of aliphatic hydroxyl groups is 2. The molecule has 2 heterocycles. The maximum Gasteiger partial charge on any atom is 0.481 e. The average Bonchev–Trinajstić information content (AvgIpc) is 3.55. The van der Waals surface area contributed by atoms with Gasteiger partial charge in [-0.3, -0.25) is 23.2 Å². The Bertz CT molecular complexity index is 1700. The smallest absolute Gasteiger partial charge is 0.462 e. The largest absolute Gasteiger partial charge is 0.481 e. The molecule has 1 aromatic heterocycles. The highest BCUT2D eigenvalue weighted by Gasteiger charge is 2.46. The number of aromatic nitrogens is 2. The van der Waals surface area contributed by atoms with Gasteiger partial charge in [0.25, 0.3) is 0 Å². The first-order valence-electron chi connectivity index (χ1n) is 24.3. The molecule has 0 saturated carbocycles. The van der Waals surface area contributed by atoms with Crippen LogP contribution in [0.2, 0.25) is 0 Å². The summed E-state index contributed by atoms with van der Waals surface area (Å²) >= 11 is 0. The summed E-state index contributed by atoms with van der Waals surface area (Å²) in [5.74, 6) is -1.32. The molecule has 1 aromatic rings. The summed E-state index contributed by atoms with van der Waals surface area (Å²) in [7, 11) is -10.8. The number of hydrogen-bond donors (Lipinski definition) is 5. The number of ether oxygens (including phenoxy) is 3. The lowest BCUT2D eigenvalue weighted by molar-refractivity contribution is -0.161. The zero-order valence-corrected chi connectivity index (χ0v) is 41.3. The number of carbonyl (C=O) groups excluding carboxylic acids is 2. The van der Waals surface area contributed by atoms with Crippen LogP contribution >= 0.6 is 15.6 Å². The Labute approximate surface area is 392 Å². The van der Waals surface area contributed by atoms with Crippen molar-refractivity contribution in [3.63, 3.8) is 0 Å². The van der Waals surface area contributed by atoms with E-state index >= 15 is 0 Å². The highest BCUT2D eigenvalue weighted by Crippen LogP contribution is 2.60. The predicted octanol–water partition coefficient (Wildman–Crippen LogP) is 9.45. The summed E-state index contributed by atoms with van der Waals surface area (Å²) < 4.78 is 56.7. The fourth-order valence-electron chi connectivity index (χ4n) is 7.18. The number of aliphatic hydroxyl groups excluding tert-OH is 2. The van der Waals surface area contributed by atoms with E-state index in [0.717, 1.165) is 75.0 Å². The summed E-state index contributed by atoms with van der Waals surface area (Å²) in [4.78, 5) is 61.8. The molecule has 1 aliphatic rings. The van der Waals surface area contributed by atoms with Crippen LogP contribution in [0.4, 0.5) is 5.82 Å². The molecule has 2 rings (SSSR count). The summed E-state index contributed by atoms with van der Waals surface area (Å²) in [5.41, 5.74) is 4.58. The first-order valence-corrected chi connectivity index (χ1v) is 27.3. The molecule has 6 N–H and O–H groups in total. The number of esters is 2. The van der Waals surface area contributed by atoms with Crippen LogP contribution in [0.5, 0.6) is 0 Å². The van der Waals surface area contributed by atoms with Gasteiger partial charge < -0.3 is 39.9 Å². The Morgan fingerprint density at radius 2 is 1.18 bits per heavy atom. The molecule has 2 unspecified atom stereocenters. The fraction of sp³-hybridized carbons (Fsp3) is 0.783. The van der Waals surface area contributed by atoms with Crippen molar-refractivity contribution in [1.29, 1.82) is 0 Å². The molecule has 18 nitrogen and oxygen atoms in total. The minimum absolute atomic E-state index is 0.0354. The quantitative estimate of drug-likeness (QED) is 0.0177. The Morgan fingerprint density at radius 1 is 0.712 bits per heavy atom.